The number of nitrogens with one attached hydrogen (secondary N) is 1. The molecule has 0 bridgehead atoms. The number of ether oxygens (including phenoxy) is 1. The summed E-state index contributed by atoms with van der Waals surface area (Å²) in [5, 5.41) is 4.22. The molecule has 1 fully saturated rings. The van der Waals surface area contributed by atoms with E-state index in [1.54, 1.807) is 7.11 Å². The number of thiocarbonyl (C=S) groups is 1. The zero-order valence-electron chi connectivity index (χ0n) is 16.1. The molecule has 2 aromatic heterocycles. The normalized spacial score (nSPS) is 19.1. The molecular formula is C22H24N4OS. The number of hydrogen-bond donors (Lipinski definition) is 1. The van der Waals surface area contributed by atoms with Crippen LogP contribution in [-0.2, 0) is 11.3 Å². The van der Waals surface area contributed by atoms with Gasteiger partial charge in [-0.1, -0.05) is 18.2 Å². The molecule has 0 spiro atoms. The number of benzene rings is 1. The maximum atomic E-state index is 5.78. The summed E-state index contributed by atoms with van der Waals surface area (Å²) >= 11 is 5.78. The van der Waals surface area contributed by atoms with E-state index in [1.807, 2.05) is 18.3 Å². The Labute approximate surface area is 171 Å². The number of pyridine rings is 1. The third-order valence-corrected chi connectivity index (χ3v) is 5.40. The number of methoxy groups -OCH3 is 1. The molecule has 5 nitrogen and oxygen atoms in total. The fourth-order valence-electron chi connectivity index (χ4n) is 3.80. The van der Waals surface area contributed by atoms with Crippen LogP contribution in [0.4, 0.5) is 5.69 Å². The van der Waals surface area contributed by atoms with Crippen LogP contribution >= 0.6 is 12.2 Å². The van der Waals surface area contributed by atoms with Crippen LogP contribution in [0.25, 0.3) is 0 Å². The summed E-state index contributed by atoms with van der Waals surface area (Å²) in [6, 6.07) is 18.7. The van der Waals surface area contributed by atoms with Gasteiger partial charge in [-0.15, -0.1) is 0 Å². The average molecular weight is 393 g/mol. The van der Waals surface area contributed by atoms with E-state index in [4.69, 9.17) is 17.0 Å². The smallest absolute Gasteiger partial charge is 0.174 e. The average Bonchev–Trinajstić information content (AvgIpc) is 3.30. The van der Waals surface area contributed by atoms with Gasteiger partial charge in [0.15, 0.2) is 5.11 Å². The van der Waals surface area contributed by atoms with Gasteiger partial charge < -0.3 is 19.5 Å². The van der Waals surface area contributed by atoms with Crippen LogP contribution in [0.5, 0.6) is 0 Å². The molecule has 0 aliphatic carbocycles. The summed E-state index contributed by atoms with van der Waals surface area (Å²) in [6.07, 6.45) is 3.93. The number of aromatic nitrogens is 2. The van der Waals surface area contributed by atoms with E-state index in [-0.39, 0.29) is 12.1 Å². The van der Waals surface area contributed by atoms with Crippen molar-refractivity contribution in [3.8, 4) is 0 Å². The molecule has 4 rings (SSSR count). The van der Waals surface area contributed by atoms with Crippen molar-refractivity contribution in [3.63, 3.8) is 0 Å². The highest BCUT2D eigenvalue weighted by Crippen LogP contribution is 2.41. The van der Waals surface area contributed by atoms with Gasteiger partial charge in [0.05, 0.1) is 18.3 Å². The van der Waals surface area contributed by atoms with Crippen molar-refractivity contribution < 1.29 is 4.74 Å². The maximum absolute atomic E-state index is 5.78. The highest BCUT2D eigenvalue weighted by Gasteiger charge is 2.41. The van der Waals surface area contributed by atoms with Crippen LogP contribution in [0, 0.1) is 6.92 Å². The van der Waals surface area contributed by atoms with Gasteiger partial charge >= 0.3 is 0 Å². The van der Waals surface area contributed by atoms with E-state index in [0.29, 0.717) is 11.7 Å². The summed E-state index contributed by atoms with van der Waals surface area (Å²) in [7, 11) is 1.73. The summed E-state index contributed by atoms with van der Waals surface area (Å²) < 4.78 is 7.54. The SMILES string of the molecule is COCCn1cccc1[C@H]1[C@@H](c2ccccn2)NC(=S)N1c1cccc(C)c1. The van der Waals surface area contributed by atoms with Gasteiger partial charge in [-0.25, -0.2) is 0 Å². The van der Waals surface area contributed by atoms with Gasteiger partial charge in [0, 0.05) is 37.4 Å². The molecule has 0 amide bonds. The molecule has 0 radical (unpaired) electrons. The largest absolute Gasteiger partial charge is 0.383 e. The lowest BCUT2D eigenvalue weighted by Gasteiger charge is -2.29. The number of nitrogens with zero attached hydrogens (tertiary/aromatic N) is 3. The predicted octanol–water partition coefficient (Wildman–Crippen LogP) is 4.02. The van der Waals surface area contributed by atoms with Gasteiger partial charge in [0.25, 0.3) is 0 Å². The molecule has 1 saturated heterocycles. The first kappa shape index (κ1) is 18.7. The van der Waals surface area contributed by atoms with Gasteiger partial charge in [0.1, 0.15) is 6.04 Å². The Hall–Kier alpha value is -2.70. The fourth-order valence-corrected chi connectivity index (χ4v) is 4.15. The van der Waals surface area contributed by atoms with Crippen molar-refractivity contribution in [1.29, 1.82) is 0 Å². The predicted molar refractivity (Wildman–Crippen MR) is 115 cm³/mol. The van der Waals surface area contributed by atoms with Crippen LogP contribution in [0.3, 0.4) is 0 Å². The van der Waals surface area contributed by atoms with Gasteiger partial charge in [0.2, 0.25) is 0 Å². The third-order valence-electron chi connectivity index (χ3n) is 5.08. The lowest BCUT2D eigenvalue weighted by atomic mass is 10.0. The van der Waals surface area contributed by atoms with Crippen LogP contribution < -0.4 is 10.2 Å². The summed E-state index contributed by atoms with van der Waals surface area (Å²) in [4.78, 5) is 6.82. The number of anilines is 1. The molecule has 0 unspecified atom stereocenters. The number of aryl methyl sites for hydroxylation is 1. The second-order valence-electron chi connectivity index (χ2n) is 6.95. The molecule has 6 heteroatoms. The molecule has 1 aromatic carbocycles. The van der Waals surface area contributed by atoms with Gasteiger partial charge in [-0.05, 0) is 61.1 Å². The van der Waals surface area contributed by atoms with E-state index in [0.717, 1.165) is 17.9 Å². The topological polar surface area (TPSA) is 42.3 Å². The maximum Gasteiger partial charge on any atom is 0.174 e. The number of rotatable bonds is 6. The highest BCUT2D eigenvalue weighted by molar-refractivity contribution is 7.80. The van der Waals surface area contributed by atoms with Crippen LogP contribution in [0.1, 0.15) is 29.0 Å². The zero-order chi connectivity index (χ0) is 19.5. The molecule has 1 N–H and O–H groups in total. The first-order valence-corrected chi connectivity index (χ1v) is 9.81. The molecular weight excluding hydrogens is 368 g/mol. The van der Waals surface area contributed by atoms with Crippen molar-refractivity contribution in [2.45, 2.75) is 25.6 Å². The molecule has 28 heavy (non-hydrogen) atoms. The van der Waals surface area contributed by atoms with Gasteiger partial charge in [-0.3, -0.25) is 4.98 Å². The summed E-state index contributed by atoms with van der Waals surface area (Å²) in [5.41, 5.74) is 4.45. The Kier molecular flexibility index (Phi) is 5.41. The molecule has 2 atom stereocenters. The van der Waals surface area contributed by atoms with E-state index in [2.05, 4.69) is 75.4 Å². The highest BCUT2D eigenvalue weighted by atomic mass is 32.1. The Morgan fingerprint density at radius 1 is 1.14 bits per heavy atom. The minimum atomic E-state index is -0.0367. The third kappa shape index (κ3) is 3.53. The Morgan fingerprint density at radius 2 is 2.04 bits per heavy atom. The molecule has 1 aliphatic heterocycles. The van der Waals surface area contributed by atoms with Crippen molar-refractivity contribution in [3.05, 3.63) is 83.9 Å². The van der Waals surface area contributed by atoms with Crippen molar-refractivity contribution >= 4 is 23.0 Å². The zero-order valence-corrected chi connectivity index (χ0v) is 16.9. The van der Waals surface area contributed by atoms with Gasteiger partial charge in [-0.2, -0.15) is 0 Å². The minimum absolute atomic E-state index is 0.00365. The molecule has 3 aromatic rings. The lowest BCUT2D eigenvalue weighted by Crippen LogP contribution is -2.30. The first-order valence-electron chi connectivity index (χ1n) is 9.40. The molecule has 0 saturated carbocycles. The van der Waals surface area contributed by atoms with Crippen molar-refractivity contribution in [2.24, 2.45) is 0 Å². The Morgan fingerprint density at radius 3 is 2.79 bits per heavy atom. The van der Waals surface area contributed by atoms with Crippen molar-refractivity contribution in [1.82, 2.24) is 14.9 Å². The van der Waals surface area contributed by atoms with Crippen LogP contribution in [-0.4, -0.2) is 28.4 Å². The minimum Gasteiger partial charge on any atom is -0.383 e. The first-order chi connectivity index (χ1) is 13.7. The number of hydrogen-bond acceptors (Lipinski definition) is 3. The van der Waals surface area contributed by atoms with Crippen LogP contribution in [0.2, 0.25) is 0 Å². The van der Waals surface area contributed by atoms with Crippen LogP contribution in [0.15, 0.2) is 67.0 Å². The molecule has 3 heterocycles. The quantitative estimate of drug-likeness (QED) is 0.642. The van der Waals surface area contributed by atoms with E-state index in [1.165, 1.54) is 11.3 Å². The lowest BCUT2D eigenvalue weighted by molar-refractivity contribution is 0.186. The summed E-state index contributed by atoms with van der Waals surface area (Å²) in [5.74, 6) is 0. The molecule has 1 aliphatic rings. The summed E-state index contributed by atoms with van der Waals surface area (Å²) in [6.45, 7) is 3.55. The fraction of sp³-hybridized carbons (Fsp3) is 0.273. The second kappa shape index (κ2) is 8.12. The van der Waals surface area contributed by atoms with E-state index < -0.39 is 0 Å². The second-order valence-corrected chi connectivity index (χ2v) is 7.34. The monoisotopic (exact) mass is 392 g/mol. The molecule has 144 valence electrons. The Balaban J connectivity index is 1.81. The van der Waals surface area contributed by atoms with E-state index in [9.17, 15) is 0 Å². The Bertz CT molecular complexity index is 956. The van der Waals surface area contributed by atoms with Crippen molar-refractivity contribution in [2.75, 3.05) is 18.6 Å². The standard InChI is InChI=1S/C22H24N4OS/c1-16-7-5-8-17(15-16)26-21(19-10-6-12-25(19)13-14-27-2)20(24-22(26)28)18-9-3-4-11-23-18/h3-12,15,20-21H,13-14H2,1-2H3,(H,24,28)/t20-,21+/m1/s1. The van der Waals surface area contributed by atoms with E-state index >= 15 is 0 Å².